The molecule has 0 radical (unpaired) electrons. The van der Waals surface area contributed by atoms with Crippen LogP contribution in [0.1, 0.15) is 26.5 Å². The van der Waals surface area contributed by atoms with Gasteiger partial charge in [0.15, 0.2) is 0 Å². The summed E-state index contributed by atoms with van der Waals surface area (Å²) < 4.78 is 5.31. The van der Waals surface area contributed by atoms with E-state index in [1.54, 1.807) is 6.26 Å². The molecule has 1 atom stereocenters. The molecule has 1 aliphatic heterocycles. The molecule has 0 spiro atoms. The van der Waals surface area contributed by atoms with Crippen LogP contribution < -0.4 is 5.32 Å². The predicted octanol–water partition coefficient (Wildman–Crippen LogP) is 1.63. The molecular formula is C13H20N2O2. The Morgan fingerprint density at radius 3 is 3.00 bits per heavy atom. The highest BCUT2D eigenvalue weighted by molar-refractivity contribution is 5.85. The van der Waals surface area contributed by atoms with Crippen LogP contribution in [0.3, 0.4) is 0 Å². The molecule has 4 nitrogen and oxygen atoms in total. The van der Waals surface area contributed by atoms with Gasteiger partial charge in [-0.3, -0.25) is 4.79 Å². The maximum Gasteiger partial charge on any atom is 0.242 e. The number of hydrogen-bond donors (Lipinski definition) is 1. The maximum absolute atomic E-state index is 12.4. The molecule has 1 amide bonds. The molecule has 2 rings (SSSR count). The highest BCUT2D eigenvalue weighted by Gasteiger charge is 2.35. The molecule has 0 bridgehead atoms. The first-order chi connectivity index (χ1) is 7.99. The summed E-state index contributed by atoms with van der Waals surface area (Å²) in [6.07, 6.45) is 1.64. The molecule has 1 unspecified atom stereocenters. The van der Waals surface area contributed by atoms with Gasteiger partial charge in [0.1, 0.15) is 5.76 Å². The summed E-state index contributed by atoms with van der Waals surface area (Å²) in [6.45, 7) is 8.21. The third kappa shape index (κ3) is 2.69. The standard InChI is InChI=1S/C13H20N2O2/c1-10-7-14-13(2,3)12(16)15(8-10)9-11-5-4-6-17-11/h4-6,10,14H,7-9H2,1-3H3. The van der Waals surface area contributed by atoms with Gasteiger partial charge in [-0.05, 0) is 31.9 Å². The minimum atomic E-state index is -0.489. The molecule has 17 heavy (non-hydrogen) atoms. The van der Waals surface area contributed by atoms with Gasteiger partial charge >= 0.3 is 0 Å². The number of nitrogens with one attached hydrogen (secondary N) is 1. The topological polar surface area (TPSA) is 45.5 Å². The van der Waals surface area contributed by atoms with Gasteiger partial charge in [-0.25, -0.2) is 0 Å². The zero-order chi connectivity index (χ0) is 12.5. The molecule has 1 N–H and O–H groups in total. The molecule has 1 saturated heterocycles. The molecule has 0 aromatic carbocycles. The van der Waals surface area contributed by atoms with Crippen LogP contribution in [0.2, 0.25) is 0 Å². The minimum absolute atomic E-state index is 0.137. The van der Waals surface area contributed by atoms with Crippen molar-refractivity contribution >= 4 is 5.91 Å². The summed E-state index contributed by atoms with van der Waals surface area (Å²) in [5.41, 5.74) is -0.489. The van der Waals surface area contributed by atoms with Crippen molar-refractivity contribution in [1.29, 1.82) is 0 Å². The minimum Gasteiger partial charge on any atom is -0.467 e. The Hall–Kier alpha value is -1.29. The predicted molar refractivity (Wildman–Crippen MR) is 65.4 cm³/mol. The van der Waals surface area contributed by atoms with Gasteiger partial charge in [0.05, 0.1) is 18.3 Å². The molecular weight excluding hydrogens is 216 g/mol. The van der Waals surface area contributed by atoms with Crippen LogP contribution in [0.25, 0.3) is 0 Å². The first kappa shape index (κ1) is 12.2. The number of carbonyl (C=O) groups is 1. The van der Waals surface area contributed by atoms with Crippen LogP contribution in [0.4, 0.5) is 0 Å². The maximum atomic E-state index is 12.4. The van der Waals surface area contributed by atoms with E-state index in [0.717, 1.165) is 18.8 Å². The molecule has 1 aromatic heterocycles. The van der Waals surface area contributed by atoms with Crippen molar-refractivity contribution in [3.05, 3.63) is 24.2 Å². The SMILES string of the molecule is CC1CNC(C)(C)C(=O)N(Cc2ccco2)C1. The lowest BCUT2D eigenvalue weighted by atomic mass is 10.0. The van der Waals surface area contributed by atoms with E-state index in [9.17, 15) is 4.79 Å². The Morgan fingerprint density at radius 2 is 2.35 bits per heavy atom. The van der Waals surface area contributed by atoms with Crippen molar-refractivity contribution in [2.45, 2.75) is 32.9 Å². The monoisotopic (exact) mass is 236 g/mol. The number of rotatable bonds is 2. The third-order valence-corrected chi connectivity index (χ3v) is 3.17. The second-order valence-corrected chi connectivity index (χ2v) is 5.38. The van der Waals surface area contributed by atoms with E-state index in [-0.39, 0.29) is 5.91 Å². The van der Waals surface area contributed by atoms with Gasteiger partial charge in [-0.15, -0.1) is 0 Å². The normalized spacial score (nSPS) is 24.8. The Bertz CT molecular complexity index is 384. The largest absolute Gasteiger partial charge is 0.467 e. The fraction of sp³-hybridized carbons (Fsp3) is 0.615. The second-order valence-electron chi connectivity index (χ2n) is 5.38. The first-order valence-electron chi connectivity index (χ1n) is 6.06. The molecule has 1 fully saturated rings. The van der Waals surface area contributed by atoms with Crippen molar-refractivity contribution < 1.29 is 9.21 Å². The van der Waals surface area contributed by atoms with E-state index in [1.807, 2.05) is 30.9 Å². The van der Waals surface area contributed by atoms with Gasteiger partial charge in [-0.2, -0.15) is 0 Å². The number of nitrogens with zero attached hydrogens (tertiary/aromatic N) is 1. The van der Waals surface area contributed by atoms with E-state index in [0.29, 0.717) is 12.5 Å². The van der Waals surface area contributed by atoms with Gasteiger partial charge < -0.3 is 14.6 Å². The van der Waals surface area contributed by atoms with Crippen molar-refractivity contribution in [1.82, 2.24) is 10.2 Å². The average Bonchev–Trinajstić information content (AvgIpc) is 2.74. The molecule has 0 aliphatic carbocycles. The second kappa shape index (κ2) is 4.53. The summed E-state index contributed by atoms with van der Waals surface area (Å²) in [4.78, 5) is 14.2. The van der Waals surface area contributed by atoms with Crippen LogP contribution in [0.15, 0.2) is 22.8 Å². The smallest absolute Gasteiger partial charge is 0.242 e. The lowest BCUT2D eigenvalue weighted by Gasteiger charge is -2.28. The Balaban J connectivity index is 2.15. The molecule has 4 heteroatoms. The van der Waals surface area contributed by atoms with Gasteiger partial charge in [-0.1, -0.05) is 6.92 Å². The van der Waals surface area contributed by atoms with E-state index in [1.165, 1.54) is 0 Å². The van der Waals surface area contributed by atoms with Gasteiger partial charge in [0.2, 0.25) is 5.91 Å². The first-order valence-corrected chi connectivity index (χ1v) is 6.06. The average molecular weight is 236 g/mol. The number of carbonyl (C=O) groups excluding carboxylic acids is 1. The van der Waals surface area contributed by atoms with Crippen LogP contribution >= 0.6 is 0 Å². The number of furan rings is 1. The summed E-state index contributed by atoms with van der Waals surface area (Å²) in [7, 11) is 0. The fourth-order valence-corrected chi connectivity index (χ4v) is 2.15. The van der Waals surface area contributed by atoms with E-state index >= 15 is 0 Å². The molecule has 0 saturated carbocycles. The molecule has 1 aromatic rings. The quantitative estimate of drug-likeness (QED) is 0.849. The van der Waals surface area contributed by atoms with Crippen molar-refractivity contribution in [2.24, 2.45) is 5.92 Å². The van der Waals surface area contributed by atoms with E-state index in [2.05, 4.69) is 12.2 Å². The third-order valence-electron chi connectivity index (χ3n) is 3.17. The number of amides is 1. The summed E-state index contributed by atoms with van der Waals surface area (Å²) in [6, 6.07) is 3.76. The lowest BCUT2D eigenvalue weighted by molar-refractivity contribution is -0.137. The van der Waals surface area contributed by atoms with Crippen LogP contribution in [-0.2, 0) is 11.3 Å². The zero-order valence-electron chi connectivity index (χ0n) is 10.7. The van der Waals surface area contributed by atoms with Crippen molar-refractivity contribution in [2.75, 3.05) is 13.1 Å². The van der Waals surface area contributed by atoms with Crippen LogP contribution in [0, 0.1) is 5.92 Å². The van der Waals surface area contributed by atoms with Crippen molar-refractivity contribution in [3.63, 3.8) is 0 Å². The summed E-state index contributed by atoms with van der Waals surface area (Å²) >= 11 is 0. The highest BCUT2D eigenvalue weighted by Crippen LogP contribution is 2.18. The number of hydrogen-bond acceptors (Lipinski definition) is 3. The Kier molecular flexibility index (Phi) is 3.24. The van der Waals surface area contributed by atoms with Gasteiger partial charge in [0, 0.05) is 13.1 Å². The summed E-state index contributed by atoms with van der Waals surface area (Å²) in [5, 5.41) is 3.31. The van der Waals surface area contributed by atoms with Crippen molar-refractivity contribution in [3.8, 4) is 0 Å². The van der Waals surface area contributed by atoms with E-state index in [4.69, 9.17) is 4.42 Å². The van der Waals surface area contributed by atoms with Gasteiger partial charge in [0.25, 0.3) is 0 Å². The van der Waals surface area contributed by atoms with E-state index < -0.39 is 5.54 Å². The molecule has 1 aliphatic rings. The molecule has 94 valence electrons. The Labute approximate surface area is 102 Å². The Morgan fingerprint density at radius 1 is 1.59 bits per heavy atom. The molecule has 2 heterocycles. The summed E-state index contributed by atoms with van der Waals surface area (Å²) in [5.74, 6) is 1.43. The zero-order valence-corrected chi connectivity index (χ0v) is 10.7. The lowest BCUT2D eigenvalue weighted by Crippen LogP contribution is -2.51. The highest BCUT2D eigenvalue weighted by atomic mass is 16.3. The van der Waals surface area contributed by atoms with Crippen LogP contribution in [-0.4, -0.2) is 29.4 Å². The van der Waals surface area contributed by atoms with Crippen LogP contribution in [0.5, 0.6) is 0 Å². The fourth-order valence-electron chi connectivity index (χ4n) is 2.15.